The fourth-order valence-electron chi connectivity index (χ4n) is 4.53. The molecule has 8 nitrogen and oxygen atoms in total. The molecular formula is C28H23NO7S. The third-order valence-electron chi connectivity index (χ3n) is 6.42. The summed E-state index contributed by atoms with van der Waals surface area (Å²) in [4.78, 5) is 44.7. The molecule has 1 aliphatic heterocycles. The number of hydrogen-bond donors (Lipinski definition) is 3. The molecule has 0 aliphatic carbocycles. The second kappa shape index (κ2) is 10.7. The van der Waals surface area contributed by atoms with Crippen LogP contribution in [0.15, 0.2) is 96.0 Å². The fourth-order valence-corrected chi connectivity index (χ4v) is 4.65. The van der Waals surface area contributed by atoms with E-state index in [9.17, 15) is 29.7 Å². The van der Waals surface area contributed by atoms with Crippen LogP contribution >= 0.6 is 12.2 Å². The molecule has 0 aromatic heterocycles. The molecule has 37 heavy (non-hydrogen) atoms. The van der Waals surface area contributed by atoms with Gasteiger partial charge in [0, 0.05) is 23.1 Å². The first-order valence-corrected chi connectivity index (χ1v) is 11.8. The van der Waals surface area contributed by atoms with Gasteiger partial charge in [0.05, 0.1) is 5.16 Å². The molecule has 1 heterocycles. The summed E-state index contributed by atoms with van der Waals surface area (Å²) in [7, 11) is 0. The zero-order valence-electron chi connectivity index (χ0n) is 19.4. The topological polar surface area (TPSA) is 133 Å². The quantitative estimate of drug-likeness (QED) is 0.236. The average Bonchev–Trinajstić information content (AvgIpc) is 2.94. The van der Waals surface area contributed by atoms with Crippen molar-refractivity contribution in [2.75, 3.05) is 0 Å². The minimum absolute atomic E-state index is 0.0149. The monoisotopic (exact) mass is 517 g/mol. The van der Waals surface area contributed by atoms with Crippen LogP contribution in [0.5, 0.6) is 0 Å². The molecule has 0 saturated carbocycles. The number of carbonyl (C=O) groups is 3. The first kappa shape index (κ1) is 26.4. The van der Waals surface area contributed by atoms with Gasteiger partial charge in [-0.3, -0.25) is 14.4 Å². The summed E-state index contributed by atoms with van der Waals surface area (Å²) < 4.78 is 5.72. The Kier molecular flexibility index (Phi) is 7.65. The first-order valence-electron chi connectivity index (χ1n) is 11.4. The van der Waals surface area contributed by atoms with Gasteiger partial charge in [-0.2, -0.15) is 0 Å². The predicted molar refractivity (Wildman–Crippen MR) is 137 cm³/mol. The Morgan fingerprint density at radius 2 is 1.30 bits per heavy atom. The lowest BCUT2D eigenvalue weighted by Crippen LogP contribution is -2.76. The van der Waals surface area contributed by atoms with Crippen molar-refractivity contribution in [2.24, 2.45) is 4.99 Å². The number of benzene rings is 3. The van der Waals surface area contributed by atoms with Gasteiger partial charge in [-0.1, -0.05) is 91.0 Å². The number of aliphatic imine (C=N–C) groups is 1. The molecule has 3 aromatic rings. The zero-order valence-corrected chi connectivity index (χ0v) is 20.2. The molecule has 1 fully saturated rings. The van der Waals surface area contributed by atoms with Crippen molar-refractivity contribution in [3.8, 4) is 0 Å². The number of aliphatic hydroxyl groups excluding tert-OH is 1. The van der Waals surface area contributed by atoms with Gasteiger partial charge in [0.1, 0.15) is 12.2 Å². The summed E-state index contributed by atoms with van der Waals surface area (Å²) in [5.41, 5.74) is -6.00. The highest BCUT2D eigenvalue weighted by molar-refractivity contribution is 7.78. The molecule has 9 heteroatoms. The lowest BCUT2D eigenvalue weighted by molar-refractivity contribution is -0.245. The van der Waals surface area contributed by atoms with Crippen molar-refractivity contribution in [3.05, 3.63) is 108 Å². The van der Waals surface area contributed by atoms with E-state index in [1.54, 1.807) is 42.5 Å². The van der Waals surface area contributed by atoms with E-state index in [0.29, 0.717) is 0 Å². The molecule has 5 atom stereocenters. The Hall–Kier alpha value is -3.69. The maximum atomic E-state index is 13.9. The van der Waals surface area contributed by atoms with Gasteiger partial charge in [0.25, 0.3) is 0 Å². The van der Waals surface area contributed by atoms with E-state index in [-0.39, 0.29) is 16.7 Å². The number of ketones is 3. The van der Waals surface area contributed by atoms with Crippen LogP contribution in [0, 0.1) is 0 Å². The van der Waals surface area contributed by atoms with Gasteiger partial charge in [-0.05, 0) is 12.2 Å². The van der Waals surface area contributed by atoms with Gasteiger partial charge >= 0.3 is 0 Å². The molecule has 3 N–H and O–H groups in total. The number of Topliss-reactive ketones (excluding diaryl/α,β-unsaturated/α-hetero) is 3. The standard InChI is InChI=1S/C28H23NO7S/c30-22(18-10-4-1-5-11-18)23(31)26-28(35,25(33)20-14-8-3-9-15-20)27(34,16-21(36-26)29-17-37)24(32)19-12-6-2-7-13-19/h1-15,21,23,26,31,34-35H,16H2/t21-,23?,26-,27+,28-/m1/s1. The molecule has 4 rings (SSSR count). The molecule has 1 aliphatic rings. The third-order valence-corrected chi connectivity index (χ3v) is 6.53. The van der Waals surface area contributed by atoms with Crippen LogP contribution in [-0.2, 0) is 4.74 Å². The molecule has 1 unspecified atom stereocenters. The van der Waals surface area contributed by atoms with Crippen LogP contribution in [0.2, 0.25) is 0 Å². The number of rotatable bonds is 8. The van der Waals surface area contributed by atoms with Crippen molar-refractivity contribution in [1.29, 1.82) is 0 Å². The van der Waals surface area contributed by atoms with Crippen LogP contribution in [0.1, 0.15) is 37.5 Å². The predicted octanol–water partition coefficient (Wildman–Crippen LogP) is 2.68. The summed E-state index contributed by atoms with van der Waals surface area (Å²) in [6.45, 7) is 0. The number of nitrogens with zero attached hydrogens (tertiary/aromatic N) is 1. The van der Waals surface area contributed by atoms with E-state index in [0.717, 1.165) is 0 Å². The lowest BCUT2D eigenvalue weighted by Gasteiger charge is -2.51. The largest absolute Gasteiger partial charge is 0.382 e. The minimum atomic E-state index is -3.10. The van der Waals surface area contributed by atoms with Gasteiger partial charge in [0.15, 0.2) is 29.0 Å². The maximum absolute atomic E-state index is 13.9. The van der Waals surface area contributed by atoms with Crippen LogP contribution in [0.4, 0.5) is 0 Å². The SMILES string of the molecule is O=C(c1ccccc1)C(O)[C@H]1O[C@@H](N=C=S)C[C@](O)(C(=O)c2ccccc2)[C@@]1(O)C(=O)c1ccccc1. The van der Waals surface area contributed by atoms with Crippen LogP contribution in [0.3, 0.4) is 0 Å². The molecule has 0 bridgehead atoms. The van der Waals surface area contributed by atoms with Crippen molar-refractivity contribution in [3.63, 3.8) is 0 Å². The number of hydrogen-bond acceptors (Lipinski definition) is 9. The van der Waals surface area contributed by atoms with Gasteiger partial charge in [0.2, 0.25) is 5.78 Å². The van der Waals surface area contributed by atoms with Crippen molar-refractivity contribution < 1.29 is 34.4 Å². The summed E-state index contributed by atoms with van der Waals surface area (Å²) in [5, 5.41) is 37.4. The maximum Gasteiger partial charge on any atom is 0.200 e. The molecule has 1 saturated heterocycles. The van der Waals surface area contributed by atoms with Gasteiger partial charge < -0.3 is 20.1 Å². The Labute approximate surface area is 217 Å². The second-order valence-corrected chi connectivity index (χ2v) is 8.81. The smallest absolute Gasteiger partial charge is 0.200 e. The van der Waals surface area contributed by atoms with Crippen LogP contribution in [-0.4, -0.2) is 67.5 Å². The highest BCUT2D eigenvalue weighted by atomic mass is 32.1. The molecule has 0 amide bonds. The third kappa shape index (κ3) is 4.72. The summed E-state index contributed by atoms with van der Waals surface area (Å²) >= 11 is 4.66. The van der Waals surface area contributed by atoms with Crippen molar-refractivity contribution >= 4 is 34.7 Å². The fraction of sp³-hybridized carbons (Fsp3) is 0.214. The van der Waals surface area contributed by atoms with Crippen molar-refractivity contribution in [2.45, 2.75) is 36.1 Å². The Morgan fingerprint density at radius 1 is 0.838 bits per heavy atom. The Balaban J connectivity index is 1.92. The van der Waals surface area contributed by atoms with Gasteiger partial charge in [-0.25, -0.2) is 4.99 Å². The van der Waals surface area contributed by atoms with E-state index in [4.69, 9.17) is 4.74 Å². The minimum Gasteiger partial charge on any atom is -0.382 e. The summed E-state index contributed by atoms with van der Waals surface area (Å²) in [6, 6.07) is 22.6. The van der Waals surface area contributed by atoms with Gasteiger partial charge in [-0.15, -0.1) is 0 Å². The van der Waals surface area contributed by atoms with Crippen LogP contribution in [0.25, 0.3) is 0 Å². The van der Waals surface area contributed by atoms with Crippen molar-refractivity contribution in [1.82, 2.24) is 0 Å². The average molecular weight is 518 g/mol. The van der Waals surface area contributed by atoms with E-state index >= 15 is 0 Å². The van der Waals surface area contributed by atoms with E-state index in [1.165, 1.54) is 48.5 Å². The van der Waals surface area contributed by atoms with E-state index in [2.05, 4.69) is 22.4 Å². The summed E-state index contributed by atoms with van der Waals surface area (Å²) in [6.07, 6.45) is -6.36. The molecule has 0 spiro atoms. The van der Waals surface area contributed by atoms with Crippen LogP contribution < -0.4 is 0 Å². The molecular weight excluding hydrogens is 494 g/mol. The normalized spacial score (nSPS) is 25.9. The number of ether oxygens (including phenoxy) is 1. The second-order valence-electron chi connectivity index (χ2n) is 8.63. The first-order chi connectivity index (χ1) is 17.7. The van der Waals surface area contributed by atoms with E-state index in [1.807, 2.05) is 0 Å². The lowest BCUT2D eigenvalue weighted by atomic mass is 9.65. The highest BCUT2D eigenvalue weighted by Crippen LogP contribution is 2.44. The Morgan fingerprint density at radius 3 is 1.78 bits per heavy atom. The molecule has 188 valence electrons. The number of thiocarbonyl (C=S) groups is 1. The summed E-state index contributed by atoms with van der Waals surface area (Å²) in [5.74, 6) is -3.03. The molecule has 0 radical (unpaired) electrons. The Bertz CT molecular complexity index is 1340. The van der Waals surface area contributed by atoms with E-state index < -0.39 is 53.4 Å². The molecule has 3 aromatic carbocycles. The highest BCUT2D eigenvalue weighted by Gasteiger charge is 2.69. The zero-order chi connectivity index (χ0) is 26.6. The number of carbonyl (C=O) groups excluding carboxylic acids is 3. The number of isothiocyanates is 1. The number of aliphatic hydroxyl groups is 3.